The van der Waals surface area contributed by atoms with Crippen LogP contribution in [-0.2, 0) is 16.4 Å². The zero-order valence-electron chi connectivity index (χ0n) is 18.0. The van der Waals surface area contributed by atoms with Gasteiger partial charge in [-0.3, -0.25) is 9.10 Å². The normalized spacial score (nSPS) is 13.6. The molecule has 1 N–H and O–H groups in total. The number of nitrogens with one attached hydrogen (secondary N) is 1. The smallest absolute Gasteiger partial charge is 0.264 e. The van der Waals surface area contributed by atoms with E-state index in [-0.39, 0.29) is 10.8 Å². The molecule has 1 aliphatic heterocycles. The Kier molecular flexibility index (Phi) is 5.58. The van der Waals surface area contributed by atoms with Gasteiger partial charge in [-0.25, -0.2) is 8.42 Å². The zero-order valence-corrected chi connectivity index (χ0v) is 18.8. The summed E-state index contributed by atoms with van der Waals surface area (Å²) in [6.45, 7) is 6.28. The van der Waals surface area contributed by atoms with Crippen LogP contribution in [0, 0.1) is 20.8 Å². The van der Waals surface area contributed by atoms with Crippen LogP contribution in [0.5, 0.6) is 0 Å². The quantitative estimate of drug-likeness (QED) is 0.628. The van der Waals surface area contributed by atoms with Crippen LogP contribution < -0.4 is 9.62 Å². The third-order valence-corrected chi connectivity index (χ3v) is 7.57. The molecule has 4 rings (SSSR count). The SMILES string of the molecule is Cc1ccc(S(=O)(=O)N2CCCc3cc(C(=O)Nc4c(C)cccc4C)ccc32)cc1. The molecular formula is C25H26N2O3S. The molecule has 1 amide bonds. The van der Waals surface area contributed by atoms with Crippen LogP contribution in [0.3, 0.4) is 0 Å². The maximum absolute atomic E-state index is 13.2. The van der Waals surface area contributed by atoms with E-state index in [1.165, 1.54) is 4.31 Å². The Morgan fingerprint density at radius 2 is 1.61 bits per heavy atom. The second kappa shape index (κ2) is 8.19. The third kappa shape index (κ3) is 4.08. The summed E-state index contributed by atoms with van der Waals surface area (Å²) in [5, 5.41) is 3.00. The Hall–Kier alpha value is -3.12. The highest BCUT2D eigenvalue weighted by atomic mass is 32.2. The number of aryl methyl sites for hydroxylation is 4. The first kappa shape index (κ1) is 21.1. The summed E-state index contributed by atoms with van der Waals surface area (Å²) in [6.07, 6.45) is 1.44. The summed E-state index contributed by atoms with van der Waals surface area (Å²) in [7, 11) is -3.65. The molecule has 0 atom stereocenters. The van der Waals surface area contributed by atoms with E-state index in [1.807, 2.05) is 45.0 Å². The third-order valence-electron chi connectivity index (χ3n) is 5.75. The number of sulfonamides is 1. The Labute approximate surface area is 183 Å². The maximum atomic E-state index is 13.2. The molecule has 3 aromatic carbocycles. The van der Waals surface area contributed by atoms with Crippen LogP contribution in [0.4, 0.5) is 11.4 Å². The molecule has 0 aromatic heterocycles. The van der Waals surface area contributed by atoms with Crippen molar-refractivity contribution < 1.29 is 13.2 Å². The highest BCUT2D eigenvalue weighted by molar-refractivity contribution is 7.92. The number of carbonyl (C=O) groups excluding carboxylic acids is 1. The summed E-state index contributed by atoms with van der Waals surface area (Å²) in [5.41, 5.74) is 5.87. The van der Waals surface area contributed by atoms with Gasteiger partial charge in [0.2, 0.25) is 0 Å². The lowest BCUT2D eigenvalue weighted by molar-refractivity contribution is 0.102. The topological polar surface area (TPSA) is 66.5 Å². The fourth-order valence-electron chi connectivity index (χ4n) is 3.99. The van der Waals surface area contributed by atoms with Crippen molar-refractivity contribution in [3.63, 3.8) is 0 Å². The Morgan fingerprint density at radius 1 is 0.935 bits per heavy atom. The van der Waals surface area contributed by atoms with Gasteiger partial charge >= 0.3 is 0 Å². The van der Waals surface area contributed by atoms with Gasteiger partial charge in [-0.1, -0.05) is 35.9 Å². The minimum absolute atomic E-state index is 0.196. The monoisotopic (exact) mass is 434 g/mol. The molecule has 0 saturated carbocycles. The van der Waals surface area contributed by atoms with E-state index >= 15 is 0 Å². The van der Waals surface area contributed by atoms with E-state index in [9.17, 15) is 13.2 Å². The van der Waals surface area contributed by atoms with Crippen molar-refractivity contribution >= 4 is 27.3 Å². The van der Waals surface area contributed by atoms with Gasteiger partial charge in [0.25, 0.3) is 15.9 Å². The molecule has 31 heavy (non-hydrogen) atoms. The molecule has 0 unspecified atom stereocenters. The van der Waals surface area contributed by atoms with Crippen LogP contribution in [0.25, 0.3) is 0 Å². The number of hydrogen-bond acceptors (Lipinski definition) is 3. The molecule has 6 heteroatoms. The van der Waals surface area contributed by atoms with Gasteiger partial charge < -0.3 is 5.32 Å². The molecule has 0 fully saturated rings. The lowest BCUT2D eigenvalue weighted by atomic mass is 10.00. The molecule has 3 aromatic rings. The van der Waals surface area contributed by atoms with Crippen molar-refractivity contribution in [2.75, 3.05) is 16.2 Å². The maximum Gasteiger partial charge on any atom is 0.264 e. The summed E-state index contributed by atoms with van der Waals surface area (Å²) < 4.78 is 27.9. The summed E-state index contributed by atoms with van der Waals surface area (Å²) in [6, 6.07) is 18.0. The molecule has 0 bridgehead atoms. The number of carbonyl (C=O) groups is 1. The predicted octanol–water partition coefficient (Wildman–Crippen LogP) is 5.01. The molecule has 0 radical (unpaired) electrons. The average molecular weight is 435 g/mol. The summed E-state index contributed by atoms with van der Waals surface area (Å²) in [5.74, 6) is -0.196. The minimum atomic E-state index is -3.65. The van der Waals surface area contributed by atoms with Crippen molar-refractivity contribution in [3.8, 4) is 0 Å². The number of benzene rings is 3. The largest absolute Gasteiger partial charge is 0.322 e. The second-order valence-corrected chi connectivity index (χ2v) is 9.92. The first-order valence-corrected chi connectivity index (χ1v) is 11.8. The number of para-hydroxylation sites is 1. The van der Waals surface area contributed by atoms with Crippen LogP contribution >= 0.6 is 0 Å². The highest BCUT2D eigenvalue weighted by Crippen LogP contribution is 2.33. The van der Waals surface area contributed by atoms with E-state index in [4.69, 9.17) is 0 Å². The van der Waals surface area contributed by atoms with Gasteiger partial charge in [-0.15, -0.1) is 0 Å². The van der Waals surface area contributed by atoms with Gasteiger partial charge in [0.1, 0.15) is 0 Å². The van der Waals surface area contributed by atoms with E-state index in [1.54, 1.807) is 36.4 Å². The van der Waals surface area contributed by atoms with Gasteiger partial charge in [-0.05, 0) is 80.6 Å². The van der Waals surface area contributed by atoms with E-state index in [0.29, 0.717) is 24.2 Å². The predicted molar refractivity (Wildman–Crippen MR) is 124 cm³/mol. The molecule has 1 heterocycles. The number of nitrogens with zero attached hydrogens (tertiary/aromatic N) is 1. The van der Waals surface area contributed by atoms with Gasteiger partial charge in [-0.2, -0.15) is 0 Å². The van der Waals surface area contributed by atoms with E-state index in [2.05, 4.69) is 5.32 Å². The van der Waals surface area contributed by atoms with Gasteiger partial charge in [0.05, 0.1) is 10.6 Å². The van der Waals surface area contributed by atoms with Crippen molar-refractivity contribution in [2.24, 2.45) is 0 Å². The first-order valence-electron chi connectivity index (χ1n) is 10.4. The van der Waals surface area contributed by atoms with Crippen molar-refractivity contribution in [1.82, 2.24) is 0 Å². The fraction of sp³-hybridized carbons (Fsp3) is 0.240. The molecular weight excluding hydrogens is 408 g/mol. The fourth-order valence-corrected chi connectivity index (χ4v) is 5.53. The van der Waals surface area contributed by atoms with Crippen molar-refractivity contribution in [2.45, 2.75) is 38.5 Å². The molecule has 1 aliphatic rings. The van der Waals surface area contributed by atoms with E-state index in [0.717, 1.165) is 34.4 Å². The lowest BCUT2D eigenvalue weighted by Gasteiger charge is -2.31. The number of hydrogen-bond donors (Lipinski definition) is 1. The van der Waals surface area contributed by atoms with Crippen molar-refractivity contribution in [1.29, 1.82) is 0 Å². The van der Waals surface area contributed by atoms with Crippen LogP contribution in [-0.4, -0.2) is 20.9 Å². The number of rotatable bonds is 4. The summed E-state index contributed by atoms with van der Waals surface area (Å²) in [4.78, 5) is 13.2. The molecule has 0 spiro atoms. The molecule has 0 aliphatic carbocycles. The minimum Gasteiger partial charge on any atom is -0.322 e. The lowest BCUT2D eigenvalue weighted by Crippen LogP contribution is -2.35. The summed E-state index contributed by atoms with van der Waals surface area (Å²) >= 11 is 0. The second-order valence-electron chi connectivity index (χ2n) is 8.06. The number of amides is 1. The van der Waals surface area contributed by atoms with Gasteiger partial charge in [0, 0.05) is 17.8 Å². The Balaban J connectivity index is 1.64. The number of anilines is 2. The zero-order chi connectivity index (χ0) is 22.2. The van der Waals surface area contributed by atoms with E-state index < -0.39 is 10.0 Å². The molecule has 0 saturated heterocycles. The Morgan fingerprint density at radius 3 is 2.29 bits per heavy atom. The van der Waals surface area contributed by atoms with Crippen molar-refractivity contribution in [3.05, 3.63) is 88.5 Å². The first-order chi connectivity index (χ1) is 14.8. The van der Waals surface area contributed by atoms with Gasteiger partial charge in [0.15, 0.2) is 0 Å². The average Bonchev–Trinajstić information content (AvgIpc) is 2.75. The highest BCUT2D eigenvalue weighted by Gasteiger charge is 2.29. The van der Waals surface area contributed by atoms with Crippen LogP contribution in [0.15, 0.2) is 65.6 Å². The molecule has 5 nitrogen and oxygen atoms in total. The standard InChI is InChI=1S/C25H26N2O3S/c1-17-9-12-22(13-10-17)31(29,30)27-15-5-8-20-16-21(11-14-23(20)27)25(28)26-24-18(2)6-4-7-19(24)3/h4,6-7,9-14,16H,5,8,15H2,1-3H3,(H,26,28). The van der Waals surface area contributed by atoms with Crippen LogP contribution in [0.2, 0.25) is 0 Å². The number of fused-ring (bicyclic) bond motifs is 1. The molecule has 160 valence electrons. The Bertz CT molecular complexity index is 1230. The van der Waals surface area contributed by atoms with Crippen LogP contribution in [0.1, 0.15) is 39.0 Å².